The van der Waals surface area contributed by atoms with Crippen LogP contribution in [0.25, 0.3) is 0 Å². The highest BCUT2D eigenvalue weighted by Gasteiger charge is 2.33. The monoisotopic (exact) mass is 388 g/mol. The molecular weight excluding hydrogens is 372 g/mol. The molecule has 146 valence electrons. The van der Waals surface area contributed by atoms with Gasteiger partial charge in [0.25, 0.3) is 5.69 Å². The Hall–Kier alpha value is -3.95. The number of nitro groups is 1. The van der Waals surface area contributed by atoms with Crippen LogP contribution >= 0.6 is 0 Å². The van der Waals surface area contributed by atoms with Crippen LogP contribution in [-0.4, -0.2) is 44.2 Å². The van der Waals surface area contributed by atoms with Gasteiger partial charge >= 0.3 is 17.9 Å². The Labute approximate surface area is 159 Å². The number of hydrogen-bond acceptors (Lipinski definition) is 9. The fraction of sp³-hybridized carbons (Fsp3) is 0.167. The van der Waals surface area contributed by atoms with E-state index in [0.29, 0.717) is 0 Å². The molecule has 0 bridgehead atoms. The standard InChI is InChI=1S/C18H16N2O8/c1-26-16(21)11-7-4-5-10-19(15(11)18(23)28-3)12-8-6-9-13(20(24)25)14(12)17(22)27-2/h4-10H,1-3H3. The molecule has 0 atom stereocenters. The average molecular weight is 388 g/mol. The van der Waals surface area contributed by atoms with Gasteiger partial charge in [-0.3, -0.25) is 10.1 Å². The van der Waals surface area contributed by atoms with E-state index in [4.69, 9.17) is 9.47 Å². The molecule has 1 aromatic carbocycles. The number of esters is 3. The van der Waals surface area contributed by atoms with Crippen LogP contribution in [0.2, 0.25) is 0 Å². The fourth-order valence-corrected chi connectivity index (χ4v) is 2.54. The summed E-state index contributed by atoms with van der Waals surface area (Å²) >= 11 is 0. The second-order valence-corrected chi connectivity index (χ2v) is 5.24. The van der Waals surface area contributed by atoms with Crippen molar-refractivity contribution in [1.82, 2.24) is 0 Å². The predicted octanol–water partition coefficient (Wildman–Crippen LogP) is 1.87. The molecule has 0 N–H and O–H groups in total. The number of rotatable bonds is 5. The lowest BCUT2D eigenvalue weighted by Crippen LogP contribution is -2.28. The van der Waals surface area contributed by atoms with Crippen molar-refractivity contribution in [1.29, 1.82) is 0 Å². The number of hydrogen-bond donors (Lipinski definition) is 0. The highest BCUT2D eigenvalue weighted by molar-refractivity contribution is 6.08. The first-order chi connectivity index (χ1) is 13.4. The van der Waals surface area contributed by atoms with E-state index in [2.05, 4.69) is 4.74 Å². The van der Waals surface area contributed by atoms with Crippen molar-refractivity contribution in [3.63, 3.8) is 0 Å². The van der Waals surface area contributed by atoms with Gasteiger partial charge in [0.2, 0.25) is 0 Å². The number of ether oxygens (including phenoxy) is 3. The molecule has 0 fully saturated rings. The topological polar surface area (TPSA) is 125 Å². The fourth-order valence-electron chi connectivity index (χ4n) is 2.54. The van der Waals surface area contributed by atoms with Gasteiger partial charge < -0.3 is 19.1 Å². The number of benzene rings is 1. The van der Waals surface area contributed by atoms with Crippen molar-refractivity contribution in [3.8, 4) is 0 Å². The summed E-state index contributed by atoms with van der Waals surface area (Å²) in [4.78, 5) is 48.7. The summed E-state index contributed by atoms with van der Waals surface area (Å²) in [5.74, 6) is -2.74. The number of nitrogens with zero attached hydrogens (tertiary/aromatic N) is 2. The number of carbonyl (C=O) groups is 3. The Morgan fingerprint density at radius 2 is 1.61 bits per heavy atom. The molecule has 0 amide bonds. The van der Waals surface area contributed by atoms with E-state index in [1.54, 1.807) is 0 Å². The van der Waals surface area contributed by atoms with Crippen molar-refractivity contribution in [2.75, 3.05) is 26.2 Å². The van der Waals surface area contributed by atoms with E-state index in [-0.39, 0.29) is 17.0 Å². The van der Waals surface area contributed by atoms with E-state index in [1.807, 2.05) is 0 Å². The smallest absolute Gasteiger partial charge is 0.355 e. The molecule has 1 aromatic rings. The van der Waals surface area contributed by atoms with E-state index in [1.165, 1.54) is 36.6 Å². The number of carbonyl (C=O) groups excluding carboxylic acids is 3. The van der Waals surface area contributed by atoms with Gasteiger partial charge in [-0.25, -0.2) is 14.4 Å². The summed E-state index contributed by atoms with van der Waals surface area (Å²) in [7, 11) is 3.31. The summed E-state index contributed by atoms with van der Waals surface area (Å²) in [6.07, 6.45) is 5.61. The van der Waals surface area contributed by atoms with Crippen LogP contribution < -0.4 is 4.90 Å². The van der Waals surface area contributed by atoms with E-state index < -0.39 is 34.1 Å². The van der Waals surface area contributed by atoms with Crippen molar-refractivity contribution >= 4 is 29.3 Å². The SMILES string of the molecule is COC(=O)C1=C(C(=O)OC)N(c2cccc([N+](=O)[O-])c2C(=O)OC)C=CC=C1. The maximum Gasteiger partial charge on any atom is 0.355 e. The molecule has 2 rings (SSSR count). The third kappa shape index (κ3) is 3.75. The van der Waals surface area contributed by atoms with Crippen LogP contribution in [0.5, 0.6) is 0 Å². The minimum atomic E-state index is -0.989. The van der Waals surface area contributed by atoms with Crippen LogP contribution in [0, 0.1) is 10.1 Å². The minimum absolute atomic E-state index is 0.0530. The van der Waals surface area contributed by atoms with Gasteiger partial charge in [-0.1, -0.05) is 12.1 Å². The summed E-state index contributed by atoms with van der Waals surface area (Å²) in [5.41, 5.74) is -1.43. The molecule has 0 spiro atoms. The van der Waals surface area contributed by atoms with Gasteiger partial charge in [0, 0.05) is 12.3 Å². The molecule has 1 aliphatic rings. The summed E-state index contributed by atoms with van der Waals surface area (Å²) in [5, 5.41) is 11.4. The second kappa shape index (κ2) is 8.62. The summed E-state index contributed by atoms with van der Waals surface area (Å²) in [6, 6.07) is 3.82. The lowest BCUT2D eigenvalue weighted by atomic mass is 10.1. The Morgan fingerprint density at radius 3 is 2.18 bits per heavy atom. The zero-order valence-corrected chi connectivity index (χ0v) is 15.2. The first kappa shape index (κ1) is 20.4. The van der Waals surface area contributed by atoms with E-state index in [0.717, 1.165) is 32.3 Å². The predicted molar refractivity (Wildman–Crippen MR) is 96.3 cm³/mol. The maximum atomic E-state index is 12.5. The number of methoxy groups -OCH3 is 3. The molecule has 10 nitrogen and oxygen atoms in total. The Balaban J connectivity index is 2.86. The first-order valence-corrected chi connectivity index (χ1v) is 7.78. The van der Waals surface area contributed by atoms with Gasteiger partial charge in [-0.15, -0.1) is 0 Å². The Morgan fingerprint density at radius 1 is 0.964 bits per heavy atom. The Bertz CT molecular complexity index is 930. The minimum Gasteiger partial charge on any atom is -0.465 e. The summed E-state index contributed by atoms with van der Waals surface area (Å²) < 4.78 is 14.1. The van der Waals surface area contributed by atoms with Crippen molar-refractivity contribution in [3.05, 3.63) is 69.6 Å². The van der Waals surface area contributed by atoms with E-state index >= 15 is 0 Å². The molecule has 0 aliphatic carbocycles. The molecule has 10 heteroatoms. The lowest BCUT2D eigenvalue weighted by Gasteiger charge is -2.24. The van der Waals surface area contributed by atoms with Crippen LogP contribution in [-0.2, 0) is 23.8 Å². The quantitative estimate of drug-likeness (QED) is 0.321. The van der Waals surface area contributed by atoms with Crippen molar-refractivity contribution < 1.29 is 33.5 Å². The highest BCUT2D eigenvalue weighted by atomic mass is 16.6. The molecule has 1 aliphatic heterocycles. The molecule has 0 saturated carbocycles. The molecule has 28 heavy (non-hydrogen) atoms. The van der Waals surface area contributed by atoms with Crippen molar-refractivity contribution in [2.45, 2.75) is 0 Å². The highest BCUT2D eigenvalue weighted by Crippen LogP contribution is 2.34. The zero-order chi connectivity index (χ0) is 20.8. The molecule has 0 aromatic heterocycles. The molecule has 0 saturated heterocycles. The van der Waals surface area contributed by atoms with Gasteiger partial charge in [-0.05, 0) is 18.2 Å². The largest absolute Gasteiger partial charge is 0.465 e. The molecule has 0 unspecified atom stereocenters. The van der Waals surface area contributed by atoms with Gasteiger partial charge in [-0.2, -0.15) is 0 Å². The molecular formula is C18H16N2O8. The number of nitro benzene ring substituents is 1. The van der Waals surface area contributed by atoms with Crippen LogP contribution in [0.1, 0.15) is 10.4 Å². The Kier molecular flexibility index (Phi) is 6.27. The number of anilines is 1. The average Bonchev–Trinajstić information content (AvgIpc) is 2.94. The third-order valence-corrected chi connectivity index (χ3v) is 3.76. The number of allylic oxidation sites excluding steroid dienone is 2. The summed E-state index contributed by atoms with van der Waals surface area (Å²) in [6.45, 7) is 0. The van der Waals surface area contributed by atoms with Gasteiger partial charge in [0.15, 0.2) is 5.56 Å². The van der Waals surface area contributed by atoms with Gasteiger partial charge in [0.05, 0.1) is 37.5 Å². The molecule has 1 heterocycles. The van der Waals surface area contributed by atoms with E-state index in [9.17, 15) is 24.5 Å². The lowest BCUT2D eigenvalue weighted by molar-refractivity contribution is -0.385. The first-order valence-electron chi connectivity index (χ1n) is 7.78. The molecule has 0 radical (unpaired) electrons. The van der Waals surface area contributed by atoms with Crippen LogP contribution in [0.3, 0.4) is 0 Å². The van der Waals surface area contributed by atoms with Gasteiger partial charge in [0.1, 0.15) is 5.70 Å². The third-order valence-electron chi connectivity index (χ3n) is 3.76. The second-order valence-electron chi connectivity index (χ2n) is 5.24. The van der Waals surface area contributed by atoms with Crippen molar-refractivity contribution in [2.24, 2.45) is 0 Å². The van der Waals surface area contributed by atoms with Crippen LogP contribution in [0.15, 0.2) is 53.9 Å². The normalized spacial score (nSPS) is 13.0. The maximum absolute atomic E-state index is 12.5. The zero-order valence-electron chi connectivity index (χ0n) is 15.2. The van der Waals surface area contributed by atoms with Crippen LogP contribution in [0.4, 0.5) is 11.4 Å².